The van der Waals surface area contributed by atoms with Crippen LogP contribution in [0.3, 0.4) is 0 Å². The van der Waals surface area contributed by atoms with E-state index in [1.54, 1.807) is 11.0 Å². The molecule has 1 aromatic rings. The fourth-order valence-electron chi connectivity index (χ4n) is 2.00. The van der Waals surface area contributed by atoms with Gasteiger partial charge in [0.15, 0.2) is 0 Å². The lowest BCUT2D eigenvalue weighted by Gasteiger charge is -2.21. The van der Waals surface area contributed by atoms with Gasteiger partial charge in [0.25, 0.3) is 5.91 Å². The summed E-state index contributed by atoms with van der Waals surface area (Å²) in [5.74, 6) is 5.74. The summed E-state index contributed by atoms with van der Waals surface area (Å²) in [7, 11) is 0. The maximum Gasteiger partial charge on any atom is 0.253 e. The van der Waals surface area contributed by atoms with Gasteiger partial charge < -0.3 is 15.7 Å². The summed E-state index contributed by atoms with van der Waals surface area (Å²) >= 11 is 0. The van der Waals surface area contributed by atoms with E-state index in [1.165, 1.54) is 0 Å². The van der Waals surface area contributed by atoms with Gasteiger partial charge in [0, 0.05) is 24.2 Å². The van der Waals surface area contributed by atoms with E-state index in [-0.39, 0.29) is 12.5 Å². The lowest BCUT2D eigenvalue weighted by atomic mass is 10.0. The van der Waals surface area contributed by atoms with Gasteiger partial charge in [-0.2, -0.15) is 0 Å². The number of hydrogen-bond acceptors (Lipinski definition) is 3. The predicted molar refractivity (Wildman–Crippen MR) is 85.0 cm³/mol. The third-order valence-electron chi connectivity index (χ3n) is 3.25. The van der Waals surface area contributed by atoms with Crippen LogP contribution in [-0.2, 0) is 0 Å². The standard InChI is InChI=1S/C17H24N2O2/c1-3-4-10-19(11-12-20)17(21)16-8-7-14(2)15(13-16)6-5-9-18/h7-8,13,20H,3-4,9-12,18H2,1-2H3. The summed E-state index contributed by atoms with van der Waals surface area (Å²) in [6, 6.07) is 5.50. The van der Waals surface area contributed by atoms with Crippen molar-refractivity contribution in [1.82, 2.24) is 4.90 Å². The van der Waals surface area contributed by atoms with Crippen LogP contribution in [-0.4, -0.2) is 42.2 Å². The molecule has 0 spiro atoms. The van der Waals surface area contributed by atoms with E-state index in [2.05, 4.69) is 18.8 Å². The van der Waals surface area contributed by atoms with Gasteiger partial charge in [-0.05, 0) is 31.0 Å². The van der Waals surface area contributed by atoms with Crippen molar-refractivity contribution < 1.29 is 9.90 Å². The fourth-order valence-corrected chi connectivity index (χ4v) is 2.00. The maximum atomic E-state index is 12.5. The molecule has 0 heterocycles. The van der Waals surface area contributed by atoms with Crippen molar-refractivity contribution >= 4 is 5.91 Å². The molecule has 0 saturated heterocycles. The molecule has 4 heteroatoms. The first kappa shape index (κ1) is 17.2. The molecular weight excluding hydrogens is 264 g/mol. The largest absolute Gasteiger partial charge is 0.395 e. The van der Waals surface area contributed by atoms with Crippen LogP contribution >= 0.6 is 0 Å². The number of benzene rings is 1. The molecule has 0 atom stereocenters. The fraction of sp³-hybridized carbons (Fsp3) is 0.471. The smallest absolute Gasteiger partial charge is 0.253 e. The van der Waals surface area contributed by atoms with Crippen LogP contribution in [0.5, 0.6) is 0 Å². The van der Waals surface area contributed by atoms with Crippen molar-refractivity contribution in [3.8, 4) is 11.8 Å². The summed E-state index contributed by atoms with van der Waals surface area (Å²) < 4.78 is 0. The van der Waals surface area contributed by atoms with Gasteiger partial charge in [-0.15, -0.1) is 0 Å². The monoisotopic (exact) mass is 288 g/mol. The minimum Gasteiger partial charge on any atom is -0.395 e. The molecule has 0 fully saturated rings. The number of carbonyl (C=O) groups excluding carboxylic acids is 1. The van der Waals surface area contributed by atoms with E-state index in [9.17, 15) is 4.79 Å². The number of aliphatic hydroxyl groups excluding tert-OH is 1. The number of rotatable bonds is 6. The highest BCUT2D eigenvalue weighted by Gasteiger charge is 2.15. The number of nitrogens with zero attached hydrogens (tertiary/aromatic N) is 1. The Hall–Kier alpha value is -1.83. The first-order valence-corrected chi connectivity index (χ1v) is 7.33. The summed E-state index contributed by atoms with van der Waals surface area (Å²) in [6.07, 6.45) is 1.94. The van der Waals surface area contributed by atoms with Gasteiger partial charge >= 0.3 is 0 Å². The van der Waals surface area contributed by atoms with Crippen molar-refractivity contribution in [2.75, 3.05) is 26.2 Å². The van der Waals surface area contributed by atoms with Crippen LogP contribution in [0.15, 0.2) is 18.2 Å². The topological polar surface area (TPSA) is 66.6 Å². The average Bonchev–Trinajstić information content (AvgIpc) is 2.50. The zero-order valence-corrected chi connectivity index (χ0v) is 12.9. The second-order valence-corrected chi connectivity index (χ2v) is 4.90. The second kappa shape index (κ2) is 9.17. The highest BCUT2D eigenvalue weighted by atomic mass is 16.3. The lowest BCUT2D eigenvalue weighted by Crippen LogP contribution is -2.34. The van der Waals surface area contributed by atoms with Crippen LogP contribution in [0.25, 0.3) is 0 Å². The van der Waals surface area contributed by atoms with Gasteiger partial charge in [0.05, 0.1) is 13.2 Å². The molecule has 114 valence electrons. The van der Waals surface area contributed by atoms with Crippen molar-refractivity contribution in [2.24, 2.45) is 5.73 Å². The van der Waals surface area contributed by atoms with Crippen molar-refractivity contribution in [1.29, 1.82) is 0 Å². The highest BCUT2D eigenvalue weighted by molar-refractivity contribution is 5.94. The number of carbonyl (C=O) groups is 1. The van der Waals surface area contributed by atoms with Crippen LogP contribution in [0.2, 0.25) is 0 Å². The molecule has 0 saturated carbocycles. The second-order valence-electron chi connectivity index (χ2n) is 4.90. The normalized spacial score (nSPS) is 9.90. The summed E-state index contributed by atoms with van der Waals surface area (Å²) in [5, 5.41) is 9.12. The molecule has 0 bridgehead atoms. The number of aryl methyl sites for hydroxylation is 1. The van der Waals surface area contributed by atoms with Gasteiger partial charge in [-0.1, -0.05) is 31.3 Å². The number of hydrogen-bond donors (Lipinski definition) is 2. The Morgan fingerprint density at radius 2 is 2.14 bits per heavy atom. The van der Waals surface area contributed by atoms with Crippen molar-refractivity contribution in [3.05, 3.63) is 34.9 Å². The molecule has 1 amide bonds. The molecule has 1 rings (SSSR count). The average molecular weight is 288 g/mol. The van der Waals surface area contributed by atoms with Crippen LogP contribution in [0.4, 0.5) is 0 Å². The summed E-state index contributed by atoms with van der Waals surface area (Å²) in [4.78, 5) is 14.2. The SMILES string of the molecule is CCCCN(CCO)C(=O)c1ccc(C)c(C#CCN)c1. The third kappa shape index (κ3) is 5.22. The molecule has 1 aromatic carbocycles. The zero-order chi connectivity index (χ0) is 15.7. The molecule has 0 aliphatic carbocycles. The molecule has 0 aliphatic heterocycles. The quantitative estimate of drug-likeness (QED) is 0.780. The van der Waals surface area contributed by atoms with Crippen LogP contribution < -0.4 is 5.73 Å². The van der Waals surface area contributed by atoms with Gasteiger partial charge in [-0.3, -0.25) is 4.79 Å². The van der Waals surface area contributed by atoms with Crippen LogP contribution in [0, 0.1) is 18.8 Å². The molecule has 0 radical (unpaired) electrons. The van der Waals surface area contributed by atoms with Gasteiger partial charge in [0.2, 0.25) is 0 Å². The Bertz CT molecular complexity index is 529. The lowest BCUT2D eigenvalue weighted by molar-refractivity contribution is 0.0719. The molecule has 0 unspecified atom stereocenters. The van der Waals surface area contributed by atoms with Gasteiger partial charge in [-0.25, -0.2) is 0 Å². The minimum absolute atomic E-state index is 0.0266. The van der Waals surface area contributed by atoms with E-state index in [1.807, 2.05) is 19.1 Å². The van der Waals surface area contributed by atoms with E-state index < -0.39 is 0 Å². The van der Waals surface area contributed by atoms with E-state index in [0.29, 0.717) is 25.2 Å². The van der Waals surface area contributed by atoms with Gasteiger partial charge in [0.1, 0.15) is 0 Å². The molecule has 21 heavy (non-hydrogen) atoms. The number of unbranched alkanes of at least 4 members (excludes halogenated alkanes) is 1. The van der Waals surface area contributed by atoms with E-state index in [4.69, 9.17) is 10.8 Å². The summed E-state index contributed by atoms with van der Waals surface area (Å²) in [5.41, 5.74) is 7.84. The Kier molecular flexibility index (Phi) is 7.52. The first-order chi connectivity index (χ1) is 10.1. The van der Waals surface area contributed by atoms with E-state index >= 15 is 0 Å². The molecule has 4 nitrogen and oxygen atoms in total. The Labute approximate surface area is 127 Å². The number of nitrogens with two attached hydrogens (primary N) is 1. The zero-order valence-electron chi connectivity index (χ0n) is 12.9. The molecule has 0 aromatic heterocycles. The van der Waals surface area contributed by atoms with Crippen LogP contribution in [0.1, 0.15) is 41.3 Å². The Balaban J connectivity index is 2.98. The Morgan fingerprint density at radius 1 is 1.38 bits per heavy atom. The predicted octanol–water partition coefficient (Wildman–Crippen LogP) is 1.54. The molecule has 3 N–H and O–H groups in total. The van der Waals surface area contributed by atoms with Crippen molar-refractivity contribution in [3.63, 3.8) is 0 Å². The maximum absolute atomic E-state index is 12.5. The number of aliphatic hydroxyl groups is 1. The highest BCUT2D eigenvalue weighted by Crippen LogP contribution is 2.13. The van der Waals surface area contributed by atoms with Crippen molar-refractivity contribution in [2.45, 2.75) is 26.7 Å². The molecular formula is C17H24N2O2. The number of amides is 1. The minimum atomic E-state index is -0.0618. The third-order valence-corrected chi connectivity index (χ3v) is 3.25. The molecule has 0 aliphatic rings. The Morgan fingerprint density at radius 3 is 2.76 bits per heavy atom. The van der Waals surface area contributed by atoms with E-state index in [0.717, 1.165) is 24.0 Å². The first-order valence-electron chi connectivity index (χ1n) is 7.33. The summed E-state index contributed by atoms with van der Waals surface area (Å²) in [6.45, 7) is 5.32.